The Kier molecular flexibility index (Phi) is 5.93. The summed E-state index contributed by atoms with van der Waals surface area (Å²) >= 11 is 11.0. The number of benzene rings is 3. The molecule has 0 bridgehead atoms. The third kappa shape index (κ3) is 4.27. The number of rotatable bonds is 5. The first-order valence-corrected chi connectivity index (χ1v) is 10.1. The van der Waals surface area contributed by atoms with Gasteiger partial charge in [0.1, 0.15) is 0 Å². The minimum atomic E-state index is 0.118. The molecule has 30 heavy (non-hydrogen) atoms. The highest BCUT2D eigenvalue weighted by atomic mass is 35.5. The highest BCUT2D eigenvalue weighted by Crippen LogP contribution is 2.35. The molecule has 0 spiro atoms. The maximum atomic E-state index is 6.15. The van der Waals surface area contributed by atoms with Gasteiger partial charge in [0, 0.05) is 16.3 Å². The van der Waals surface area contributed by atoms with Crippen molar-refractivity contribution in [3.05, 3.63) is 102 Å². The Hall–Kier alpha value is -3.41. The second kappa shape index (κ2) is 8.95. The van der Waals surface area contributed by atoms with Gasteiger partial charge in [-0.15, -0.1) is 0 Å². The summed E-state index contributed by atoms with van der Waals surface area (Å²) in [5.41, 5.74) is 14.3. The lowest BCUT2D eigenvalue weighted by Crippen LogP contribution is -2.24. The molecule has 0 fully saturated rings. The molecule has 1 heterocycles. The fourth-order valence-corrected chi connectivity index (χ4v) is 3.54. The van der Waals surface area contributed by atoms with Gasteiger partial charge in [-0.25, -0.2) is 0 Å². The molecule has 0 atom stereocenters. The molecule has 0 saturated carbocycles. The molecule has 0 aliphatic rings. The molecule has 3 aromatic carbocycles. The number of hydrogen-bond donors (Lipinski definition) is 2. The van der Waals surface area contributed by atoms with E-state index in [2.05, 4.69) is 45.4 Å². The molecule has 0 unspecified atom stereocenters. The van der Waals surface area contributed by atoms with Crippen LogP contribution in [0, 0.1) is 0 Å². The van der Waals surface area contributed by atoms with Crippen LogP contribution in [0.2, 0.25) is 5.02 Å². The SMILES string of the molecule is NC(=S)N/N=C\c1cc(-c2ccccc2)n(-c2ccc(Cl)cc2)c1-c1ccccc1. The standard InChI is InChI=1S/C24H19ClN4S/c25-20-11-13-21(14-12-20)29-22(17-7-3-1-4-8-17)15-19(16-27-28-24(26)30)23(29)18-9-5-2-6-10-18/h1-16H,(H3,26,28,30)/b27-16-. The summed E-state index contributed by atoms with van der Waals surface area (Å²) in [7, 11) is 0. The van der Waals surface area contributed by atoms with E-state index < -0.39 is 0 Å². The van der Waals surface area contributed by atoms with Crippen LogP contribution in [0.15, 0.2) is 96.1 Å². The first-order valence-electron chi connectivity index (χ1n) is 9.34. The van der Waals surface area contributed by atoms with E-state index in [-0.39, 0.29) is 5.11 Å². The van der Waals surface area contributed by atoms with Gasteiger partial charge in [0.2, 0.25) is 0 Å². The van der Waals surface area contributed by atoms with Gasteiger partial charge in [0.05, 0.1) is 17.6 Å². The second-order valence-corrected chi connectivity index (χ2v) is 7.49. The van der Waals surface area contributed by atoms with Crippen molar-refractivity contribution in [2.75, 3.05) is 0 Å². The summed E-state index contributed by atoms with van der Waals surface area (Å²) < 4.78 is 2.21. The molecule has 0 saturated heterocycles. The number of nitrogens with two attached hydrogens (primary N) is 1. The van der Waals surface area contributed by atoms with E-state index >= 15 is 0 Å². The minimum Gasteiger partial charge on any atom is -0.375 e. The average molecular weight is 431 g/mol. The lowest BCUT2D eigenvalue weighted by atomic mass is 10.1. The van der Waals surface area contributed by atoms with Gasteiger partial charge in [-0.05, 0) is 53.7 Å². The van der Waals surface area contributed by atoms with Gasteiger partial charge >= 0.3 is 0 Å². The monoisotopic (exact) mass is 430 g/mol. The van der Waals surface area contributed by atoms with E-state index in [4.69, 9.17) is 29.6 Å². The number of aromatic nitrogens is 1. The topological polar surface area (TPSA) is 55.3 Å². The summed E-state index contributed by atoms with van der Waals surface area (Å²) in [6, 6.07) is 30.3. The van der Waals surface area contributed by atoms with Gasteiger partial charge in [-0.2, -0.15) is 5.10 Å². The first kappa shape index (κ1) is 19.9. The van der Waals surface area contributed by atoms with Crippen molar-refractivity contribution >= 4 is 35.1 Å². The number of nitrogens with zero attached hydrogens (tertiary/aromatic N) is 2. The molecule has 6 heteroatoms. The smallest absolute Gasteiger partial charge is 0.184 e. The average Bonchev–Trinajstić information content (AvgIpc) is 3.15. The largest absolute Gasteiger partial charge is 0.375 e. The lowest BCUT2D eigenvalue weighted by Gasteiger charge is -2.15. The van der Waals surface area contributed by atoms with E-state index in [0.717, 1.165) is 33.8 Å². The highest BCUT2D eigenvalue weighted by Gasteiger charge is 2.18. The van der Waals surface area contributed by atoms with Gasteiger partial charge < -0.3 is 10.3 Å². The molecule has 4 aromatic rings. The van der Waals surface area contributed by atoms with E-state index in [1.807, 2.05) is 60.7 Å². The zero-order valence-corrected chi connectivity index (χ0v) is 17.6. The van der Waals surface area contributed by atoms with Gasteiger partial charge in [-0.1, -0.05) is 72.3 Å². The molecule has 0 aliphatic heterocycles. The maximum absolute atomic E-state index is 6.15. The molecule has 1 aromatic heterocycles. The van der Waals surface area contributed by atoms with Crippen molar-refractivity contribution in [3.8, 4) is 28.2 Å². The Bertz CT molecular complexity index is 1180. The minimum absolute atomic E-state index is 0.118. The lowest BCUT2D eigenvalue weighted by molar-refractivity contribution is 1.04. The van der Waals surface area contributed by atoms with Crippen LogP contribution < -0.4 is 11.2 Å². The van der Waals surface area contributed by atoms with Crippen LogP contribution in [-0.4, -0.2) is 15.9 Å². The molecule has 4 nitrogen and oxygen atoms in total. The quantitative estimate of drug-likeness (QED) is 0.245. The molecular formula is C24H19ClN4S. The van der Waals surface area contributed by atoms with Crippen LogP contribution in [0.1, 0.15) is 5.56 Å². The fourth-order valence-electron chi connectivity index (χ4n) is 3.37. The van der Waals surface area contributed by atoms with Crippen molar-refractivity contribution in [2.45, 2.75) is 0 Å². The maximum Gasteiger partial charge on any atom is 0.184 e. The predicted octanol–water partition coefficient (Wildman–Crippen LogP) is 5.63. The fraction of sp³-hybridized carbons (Fsp3) is 0. The molecule has 0 amide bonds. The van der Waals surface area contributed by atoms with E-state index in [9.17, 15) is 0 Å². The molecule has 0 radical (unpaired) electrons. The molecular weight excluding hydrogens is 412 g/mol. The Balaban J connectivity index is 2.00. The van der Waals surface area contributed by atoms with Gasteiger partial charge in [0.15, 0.2) is 5.11 Å². The molecule has 0 aliphatic carbocycles. The molecule has 3 N–H and O–H groups in total. The van der Waals surface area contributed by atoms with Crippen molar-refractivity contribution in [3.63, 3.8) is 0 Å². The molecule has 4 rings (SSSR count). The Morgan fingerprint density at radius 3 is 2.10 bits per heavy atom. The summed E-state index contributed by atoms with van der Waals surface area (Å²) in [6.07, 6.45) is 1.74. The Labute approximate surface area is 185 Å². The van der Waals surface area contributed by atoms with Crippen molar-refractivity contribution < 1.29 is 0 Å². The Morgan fingerprint density at radius 1 is 0.900 bits per heavy atom. The third-order valence-electron chi connectivity index (χ3n) is 4.61. The summed E-state index contributed by atoms with van der Waals surface area (Å²) in [5, 5.41) is 5.02. The highest BCUT2D eigenvalue weighted by molar-refractivity contribution is 7.80. The van der Waals surface area contributed by atoms with E-state index in [1.165, 1.54) is 0 Å². The van der Waals surface area contributed by atoms with Crippen molar-refractivity contribution in [1.29, 1.82) is 0 Å². The van der Waals surface area contributed by atoms with Crippen molar-refractivity contribution in [1.82, 2.24) is 9.99 Å². The van der Waals surface area contributed by atoms with Crippen LogP contribution in [0.5, 0.6) is 0 Å². The van der Waals surface area contributed by atoms with Crippen LogP contribution in [0.25, 0.3) is 28.2 Å². The van der Waals surface area contributed by atoms with Gasteiger partial charge in [0.25, 0.3) is 0 Å². The van der Waals surface area contributed by atoms with Crippen molar-refractivity contribution in [2.24, 2.45) is 10.8 Å². The Morgan fingerprint density at radius 2 is 1.50 bits per heavy atom. The third-order valence-corrected chi connectivity index (χ3v) is 4.95. The van der Waals surface area contributed by atoms with Crippen LogP contribution in [0.4, 0.5) is 0 Å². The van der Waals surface area contributed by atoms with Crippen LogP contribution in [0.3, 0.4) is 0 Å². The summed E-state index contributed by atoms with van der Waals surface area (Å²) in [5.74, 6) is 0. The van der Waals surface area contributed by atoms with Crippen LogP contribution in [-0.2, 0) is 0 Å². The number of nitrogens with one attached hydrogen (secondary N) is 1. The van der Waals surface area contributed by atoms with E-state index in [0.29, 0.717) is 5.02 Å². The zero-order chi connectivity index (χ0) is 20.9. The molecule has 148 valence electrons. The zero-order valence-electron chi connectivity index (χ0n) is 16.0. The number of hydrazone groups is 1. The summed E-state index contributed by atoms with van der Waals surface area (Å²) in [6.45, 7) is 0. The predicted molar refractivity (Wildman–Crippen MR) is 129 cm³/mol. The first-order chi connectivity index (χ1) is 14.6. The summed E-state index contributed by atoms with van der Waals surface area (Å²) in [4.78, 5) is 0. The second-order valence-electron chi connectivity index (χ2n) is 6.61. The van der Waals surface area contributed by atoms with Gasteiger partial charge in [-0.3, -0.25) is 5.43 Å². The normalized spacial score (nSPS) is 11.0. The van der Waals surface area contributed by atoms with E-state index in [1.54, 1.807) is 6.21 Å². The number of thiocarbonyl (C=S) groups is 1. The number of hydrogen-bond acceptors (Lipinski definition) is 2. The van der Waals surface area contributed by atoms with Crippen LogP contribution >= 0.6 is 23.8 Å². The number of halogens is 1.